The Morgan fingerprint density at radius 1 is 1.30 bits per heavy atom. The summed E-state index contributed by atoms with van der Waals surface area (Å²) < 4.78 is 1.17. The normalized spacial score (nSPS) is 7.70. The SMILES string of the molecule is N#Cc1cccc[c]1[Zn+].[I-]. The van der Waals surface area contributed by atoms with Crippen LogP contribution in [0.2, 0.25) is 0 Å². The van der Waals surface area contributed by atoms with Crippen LogP contribution in [0.15, 0.2) is 24.3 Å². The van der Waals surface area contributed by atoms with Crippen molar-refractivity contribution in [2.45, 2.75) is 0 Å². The Kier molecular flexibility index (Phi) is 4.84. The minimum Gasteiger partial charge on any atom is -1.00 e. The van der Waals surface area contributed by atoms with Crippen molar-refractivity contribution in [3.63, 3.8) is 0 Å². The zero-order valence-electron chi connectivity index (χ0n) is 5.34. The molecule has 0 aromatic heterocycles. The zero-order valence-corrected chi connectivity index (χ0v) is 10.5. The molecule has 0 aliphatic rings. The molecule has 0 saturated heterocycles. The summed E-state index contributed by atoms with van der Waals surface area (Å²) in [6.07, 6.45) is 0. The van der Waals surface area contributed by atoms with Crippen molar-refractivity contribution in [2.75, 3.05) is 0 Å². The van der Waals surface area contributed by atoms with Crippen LogP contribution in [0.1, 0.15) is 5.56 Å². The fourth-order valence-electron chi connectivity index (χ4n) is 0.629. The molecular weight excluding hydrogens is 290 g/mol. The molecule has 0 aliphatic heterocycles. The van der Waals surface area contributed by atoms with E-state index in [2.05, 4.69) is 6.07 Å². The van der Waals surface area contributed by atoms with Gasteiger partial charge in [-0.2, -0.15) is 0 Å². The summed E-state index contributed by atoms with van der Waals surface area (Å²) in [5.41, 5.74) is 0.817. The quantitative estimate of drug-likeness (QED) is 0.391. The summed E-state index contributed by atoms with van der Waals surface area (Å²) in [6.45, 7) is 0. The van der Waals surface area contributed by atoms with Crippen LogP contribution in [0.3, 0.4) is 0 Å². The van der Waals surface area contributed by atoms with Gasteiger partial charge in [0.05, 0.1) is 0 Å². The van der Waals surface area contributed by atoms with Gasteiger partial charge in [-0.1, -0.05) is 0 Å². The fraction of sp³-hybridized carbons (Fsp3) is 0. The first-order valence-corrected chi connectivity index (χ1v) is 4.14. The van der Waals surface area contributed by atoms with E-state index < -0.39 is 0 Å². The van der Waals surface area contributed by atoms with Gasteiger partial charge in [-0.3, -0.25) is 0 Å². The molecule has 1 rings (SSSR count). The molecule has 0 aliphatic carbocycles. The molecule has 0 bridgehead atoms. The van der Waals surface area contributed by atoms with Crippen LogP contribution in [0.4, 0.5) is 0 Å². The van der Waals surface area contributed by atoms with E-state index in [1.807, 2.05) is 24.3 Å². The molecule has 1 aromatic rings. The molecule has 0 spiro atoms. The van der Waals surface area contributed by atoms with Gasteiger partial charge in [-0.25, -0.2) is 0 Å². The summed E-state index contributed by atoms with van der Waals surface area (Å²) in [5.74, 6) is 0. The maximum atomic E-state index is 8.49. The molecule has 46 valence electrons. The minimum atomic E-state index is 0. The zero-order chi connectivity index (χ0) is 6.69. The van der Waals surface area contributed by atoms with E-state index in [-0.39, 0.29) is 24.0 Å². The standard InChI is InChI=1S/C7H4N.HI.Zn/c8-6-7-4-2-1-3-5-7;;/h1-4H;1H;/q;;+1/p-1. The van der Waals surface area contributed by atoms with Crippen molar-refractivity contribution in [1.82, 2.24) is 0 Å². The number of nitrogens with zero attached hydrogens (tertiary/aromatic N) is 1. The third-order valence-electron chi connectivity index (χ3n) is 1.14. The van der Waals surface area contributed by atoms with Crippen LogP contribution in [0, 0.1) is 11.3 Å². The van der Waals surface area contributed by atoms with Gasteiger partial charge >= 0.3 is 63.6 Å². The number of halogens is 1. The second-order valence-corrected chi connectivity index (χ2v) is 3.37. The van der Waals surface area contributed by atoms with E-state index in [4.69, 9.17) is 5.26 Å². The van der Waals surface area contributed by atoms with E-state index >= 15 is 0 Å². The van der Waals surface area contributed by atoms with Gasteiger partial charge in [0.25, 0.3) is 0 Å². The largest absolute Gasteiger partial charge is 1.00 e. The predicted octanol–water partition coefficient (Wildman–Crippen LogP) is -2.27. The summed E-state index contributed by atoms with van der Waals surface area (Å²) in [4.78, 5) is 0. The Morgan fingerprint density at radius 2 is 1.90 bits per heavy atom. The van der Waals surface area contributed by atoms with Gasteiger partial charge in [0.15, 0.2) is 0 Å². The summed E-state index contributed by atoms with van der Waals surface area (Å²) in [6, 6.07) is 9.80. The second kappa shape index (κ2) is 4.81. The molecule has 0 atom stereocenters. The van der Waals surface area contributed by atoms with Gasteiger partial charge in [-0.15, -0.1) is 0 Å². The molecule has 1 aromatic carbocycles. The van der Waals surface area contributed by atoms with E-state index in [9.17, 15) is 0 Å². The Bertz CT molecular complexity index is 254. The van der Waals surface area contributed by atoms with Gasteiger partial charge in [0.1, 0.15) is 0 Å². The second-order valence-electron chi connectivity index (χ2n) is 1.77. The van der Waals surface area contributed by atoms with Gasteiger partial charge < -0.3 is 24.0 Å². The third-order valence-corrected chi connectivity index (χ3v) is 2.43. The van der Waals surface area contributed by atoms with Crippen LogP contribution < -0.4 is 28.1 Å². The van der Waals surface area contributed by atoms with Crippen LogP contribution >= 0.6 is 0 Å². The maximum absolute atomic E-state index is 8.49. The Morgan fingerprint density at radius 3 is 2.30 bits per heavy atom. The Labute approximate surface area is 87.1 Å². The van der Waals surface area contributed by atoms with Gasteiger partial charge in [0, 0.05) is 0 Å². The average Bonchev–Trinajstić information content (AvgIpc) is 1.89. The smallest absolute Gasteiger partial charge is 1.00 e. The molecule has 0 saturated carbocycles. The van der Waals surface area contributed by atoms with E-state index in [0.717, 1.165) is 23.9 Å². The first kappa shape index (κ1) is 10.1. The van der Waals surface area contributed by atoms with E-state index in [1.165, 1.54) is 4.16 Å². The molecular formula is C7H4INZn. The molecule has 3 heteroatoms. The number of hydrogen-bond donors (Lipinski definition) is 0. The Hall–Kier alpha value is 0.0634. The van der Waals surface area contributed by atoms with Crippen LogP contribution in [-0.4, -0.2) is 0 Å². The first-order chi connectivity index (χ1) is 4.34. The van der Waals surface area contributed by atoms with Crippen molar-refractivity contribution >= 4 is 4.16 Å². The topological polar surface area (TPSA) is 23.8 Å². The minimum absolute atomic E-state index is 0. The molecule has 0 unspecified atom stereocenters. The molecule has 0 amide bonds. The number of rotatable bonds is 0. The van der Waals surface area contributed by atoms with Crippen molar-refractivity contribution in [3.8, 4) is 6.07 Å². The molecule has 0 radical (unpaired) electrons. The van der Waals surface area contributed by atoms with Crippen LogP contribution in [0.5, 0.6) is 0 Å². The monoisotopic (exact) mass is 293 g/mol. The van der Waals surface area contributed by atoms with Crippen molar-refractivity contribution < 1.29 is 42.3 Å². The van der Waals surface area contributed by atoms with Crippen LogP contribution in [0.25, 0.3) is 0 Å². The third kappa shape index (κ3) is 2.36. The molecule has 0 heterocycles. The fourth-order valence-corrected chi connectivity index (χ4v) is 1.33. The molecule has 0 fully saturated rings. The van der Waals surface area contributed by atoms with Gasteiger partial charge in [0.2, 0.25) is 0 Å². The average molecular weight is 294 g/mol. The molecule has 0 N–H and O–H groups in total. The first-order valence-electron chi connectivity index (χ1n) is 2.65. The summed E-state index contributed by atoms with van der Waals surface area (Å²) in [7, 11) is 0. The van der Waals surface area contributed by atoms with Gasteiger partial charge in [-0.05, 0) is 0 Å². The summed E-state index contributed by atoms with van der Waals surface area (Å²) in [5, 5.41) is 8.49. The van der Waals surface area contributed by atoms with Crippen molar-refractivity contribution in [3.05, 3.63) is 29.8 Å². The van der Waals surface area contributed by atoms with Crippen LogP contribution in [-0.2, 0) is 18.3 Å². The van der Waals surface area contributed by atoms with Crippen molar-refractivity contribution in [1.29, 1.82) is 5.26 Å². The summed E-state index contributed by atoms with van der Waals surface area (Å²) >= 11 is 1.06. The number of nitriles is 1. The molecule has 10 heavy (non-hydrogen) atoms. The van der Waals surface area contributed by atoms with Crippen molar-refractivity contribution in [2.24, 2.45) is 0 Å². The number of benzene rings is 1. The van der Waals surface area contributed by atoms with E-state index in [1.54, 1.807) is 0 Å². The Balaban J connectivity index is 0.000000810. The van der Waals surface area contributed by atoms with E-state index in [0.29, 0.717) is 0 Å². The maximum Gasteiger partial charge on any atom is -1.00 e. The number of hydrogen-bond acceptors (Lipinski definition) is 1. The molecule has 1 nitrogen and oxygen atoms in total. The predicted molar refractivity (Wildman–Crippen MR) is 30.8 cm³/mol.